The molecule has 2 aromatic heterocycles. The lowest BCUT2D eigenvalue weighted by Crippen LogP contribution is -2.06. The van der Waals surface area contributed by atoms with Crippen LogP contribution in [0.1, 0.15) is 5.56 Å². The van der Waals surface area contributed by atoms with Gasteiger partial charge in [0.2, 0.25) is 0 Å². The van der Waals surface area contributed by atoms with Crippen LogP contribution in [0.3, 0.4) is 0 Å². The lowest BCUT2D eigenvalue weighted by atomic mass is 10.2. The Morgan fingerprint density at radius 3 is 2.85 bits per heavy atom. The minimum absolute atomic E-state index is 0.270. The van der Waals surface area contributed by atoms with Gasteiger partial charge in [-0.15, -0.1) is 0 Å². The summed E-state index contributed by atoms with van der Waals surface area (Å²) in [6.07, 6.45) is 4.75. The summed E-state index contributed by atoms with van der Waals surface area (Å²) in [6.45, 7) is 0.500. The van der Waals surface area contributed by atoms with Crippen molar-refractivity contribution in [3.8, 4) is 11.6 Å². The van der Waals surface area contributed by atoms with Gasteiger partial charge in [-0.3, -0.25) is 0 Å². The molecule has 0 aliphatic carbocycles. The van der Waals surface area contributed by atoms with Gasteiger partial charge >= 0.3 is 0 Å². The SMILES string of the molecule is Oc1ccccc1CNc1cccnc1-n1cncn1. The molecule has 100 valence electrons. The zero-order chi connectivity index (χ0) is 13.8. The molecule has 0 aliphatic heterocycles. The number of phenols is 1. The lowest BCUT2D eigenvalue weighted by Gasteiger charge is -2.11. The summed E-state index contributed by atoms with van der Waals surface area (Å²) in [4.78, 5) is 8.21. The van der Waals surface area contributed by atoms with Crippen LogP contribution in [0.15, 0.2) is 55.2 Å². The largest absolute Gasteiger partial charge is 0.508 e. The van der Waals surface area contributed by atoms with E-state index < -0.39 is 0 Å². The zero-order valence-electron chi connectivity index (χ0n) is 10.6. The van der Waals surface area contributed by atoms with Gasteiger partial charge < -0.3 is 10.4 Å². The number of nitrogens with zero attached hydrogens (tertiary/aromatic N) is 4. The number of anilines is 1. The molecule has 0 unspecified atom stereocenters. The van der Waals surface area contributed by atoms with Gasteiger partial charge in [0.1, 0.15) is 18.4 Å². The fraction of sp³-hybridized carbons (Fsp3) is 0.0714. The third-order valence-corrected chi connectivity index (χ3v) is 2.88. The summed E-state index contributed by atoms with van der Waals surface area (Å²) in [5.41, 5.74) is 1.64. The molecular formula is C14H13N5O. The third kappa shape index (κ3) is 2.44. The second-order valence-corrected chi connectivity index (χ2v) is 4.20. The first-order valence-corrected chi connectivity index (χ1v) is 6.15. The maximum atomic E-state index is 9.76. The van der Waals surface area contributed by atoms with E-state index in [1.54, 1.807) is 29.3 Å². The smallest absolute Gasteiger partial charge is 0.178 e. The molecule has 6 nitrogen and oxygen atoms in total. The van der Waals surface area contributed by atoms with Crippen molar-refractivity contribution < 1.29 is 5.11 Å². The number of benzene rings is 1. The fourth-order valence-electron chi connectivity index (χ4n) is 1.89. The van der Waals surface area contributed by atoms with E-state index in [4.69, 9.17) is 0 Å². The molecule has 6 heteroatoms. The standard InChI is InChI=1S/C14H13N5O/c20-13-6-2-1-4-11(13)8-17-12-5-3-7-16-14(12)19-10-15-9-18-19/h1-7,9-10,17,20H,8H2. The highest BCUT2D eigenvalue weighted by atomic mass is 16.3. The monoisotopic (exact) mass is 267 g/mol. The van der Waals surface area contributed by atoms with Gasteiger partial charge in [-0.25, -0.2) is 14.6 Å². The number of para-hydroxylation sites is 1. The number of phenolic OH excluding ortho intramolecular Hbond substituents is 1. The first-order valence-electron chi connectivity index (χ1n) is 6.15. The molecule has 3 rings (SSSR count). The second kappa shape index (κ2) is 5.40. The van der Waals surface area contributed by atoms with E-state index in [0.717, 1.165) is 11.3 Å². The Hall–Kier alpha value is -2.89. The predicted octanol–water partition coefficient (Wildman–Crippen LogP) is 1.98. The Morgan fingerprint density at radius 2 is 2.05 bits per heavy atom. The van der Waals surface area contributed by atoms with Crippen LogP contribution in [-0.2, 0) is 6.54 Å². The van der Waals surface area contributed by atoms with E-state index >= 15 is 0 Å². The van der Waals surface area contributed by atoms with Gasteiger partial charge in [-0.05, 0) is 18.2 Å². The highest BCUT2D eigenvalue weighted by molar-refractivity contribution is 5.56. The van der Waals surface area contributed by atoms with Crippen molar-refractivity contribution in [3.05, 3.63) is 60.8 Å². The fourth-order valence-corrected chi connectivity index (χ4v) is 1.89. The molecule has 1 aromatic carbocycles. The topological polar surface area (TPSA) is 75.9 Å². The number of hydrogen-bond donors (Lipinski definition) is 2. The molecule has 3 aromatic rings. The highest BCUT2D eigenvalue weighted by Crippen LogP contribution is 2.20. The molecule has 0 fully saturated rings. The minimum atomic E-state index is 0.270. The number of nitrogens with one attached hydrogen (secondary N) is 1. The number of hydrogen-bond acceptors (Lipinski definition) is 5. The molecule has 0 saturated carbocycles. The molecule has 2 heterocycles. The van der Waals surface area contributed by atoms with Crippen LogP contribution in [0, 0.1) is 0 Å². The normalized spacial score (nSPS) is 10.4. The summed E-state index contributed by atoms with van der Waals surface area (Å²) < 4.78 is 1.59. The molecule has 20 heavy (non-hydrogen) atoms. The van der Waals surface area contributed by atoms with E-state index in [0.29, 0.717) is 12.4 Å². The quantitative estimate of drug-likeness (QED) is 0.756. The molecule has 0 amide bonds. The van der Waals surface area contributed by atoms with Gasteiger partial charge in [0.05, 0.1) is 5.69 Å². The van der Waals surface area contributed by atoms with Gasteiger partial charge in [0.15, 0.2) is 5.82 Å². The zero-order valence-corrected chi connectivity index (χ0v) is 10.6. The molecule has 0 saturated heterocycles. The van der Waals surface area contributed by atoms with Crippen LogP contribution >= 0.6 is 0 Å². The van der Waals surface area contributed by atoms with Crippen molar-refractivity contribution >= 4 is 5.69 Å². The van der Waals surface area contributed by atoms with Crippen LogP contribution in [0.5, 0.6) is 5.75 Å². The molecule has 0 atom stereocenters. The van der Waals surface area contributed by atoms with Crippen molar-refractivity contribution in [1.82, 2.24) is 19.7 Å². The van der Waals surface area contributed by atoms with Gasteiger partial charge in [0.25, 0.3) is 0 Å². The molecular weight excluding hydrogens is 254 g/mol. The summed E-state index contributed by atoms with van der Waals surface area (Å²) in [5, 5.41) is 17.1. The van der Waals surface area contributed by atoms with Crippen molar-refractivity contribution in [2.75, 3.05) is 5.32 Å². The highest BCUT2D eigenvalue weighted by Gasteiger charge is 2.07. The first kappa shape index (κ1) is 12.2. The lowest BCUT2D eigenvalue weighted by molar-refractivity contribution is 0.469. The van der Waals surface area contributed by atoms with Crippen LogP contribution in [-0.4, -0.2) is 24.9 Å². The molecule has 0 radical (unpaired) electrons. The number of aromatic nitrogens is 4. The minimum Gasteiger partial charge on any atom is -0.508 e. The Morgan fingerprint density at radius 1 is 1.15 bits per heavy atom. The van der Waals surface area contributed by atoms with Crippen molar-refractivity contribution in [3.63, 3.8) is 0 Å². The van der Waals surface area contributed by atoms with E-state index in [-0.39, 0.29) is 5.75 Å². The summed E-state index contributed by atoms with van der Waals surface area (Å²) >= 11 is 0. The van der Waals surface area contributed by atoms with Gasteiger partial charge in [-0.1, -0.05) is 18.2 Å². The van der Waals surface area contributed by atoms with Crippen LogP contribution in [0.2, 0.25) is 0 Å². The van der Waals surface area contributed by atoms with E-state index in [1.807, 2.05) is 24.3 Å². The summed E-state index contributed by atoms with van der Waals surface area (Å²) in [5.74, 6) is 0.937. The van der Waals surface area contributed by atoms with Crippen LogP contribution in [0.4, 0.5) is 5.69 Å². The van der Waals surface area contributed by atoms with Crippen molar-refractivity contribution in [2.24, 2.45) is 0 Å². The average molecular weight is 267 g/mol. The maximum Gasteiger partial charge on any atom is 0.178 e. The van der Waals surface area contributed by atoms with Crippen LogP contribution in [0.25, 0.3) is 5.82 Å². The average Bonchev–Trinajstić information content (AvgIpc) is 3.01. The Balaban J connectivity index is 1.84. The third-order valence-electron chi connectivity index (χ3n) is 2.88. The summed E-state index contributed by atoms with van der Waals surface area (Å²) in [6, 6.07) is 11.0. The van der Waals surface area contributed by atoms with E-state index in [2.05, 4.69) is 20.4 Å². The van der Waals surface area contributed by atoms with Gasteiger partial charge in [0, 0.05) is 18.3 Å². The Kier molecular flexibility index (Phi) is 3.28. The van der Waals surface area contributed by atoms with E-state index in [9.17, 15) is 5.11 Å². The Bertz CT molecular complexity index is 696. The molecule has 0 bridgehead atoms. The van der Waals surface area contributed by atoms with Gasteiger partial charge in [-0.2, -0.15) is 5.10 Å². The summed E-state index contributed by atoms with van der Waals surface area (Å²) in [7, 11) is 0. The van der Waals surface area contributed by atoms with Crippen molar-refractivity contribution in [2.45, 2.75) is 6.54 Å². The number of aromatic hydroxyl groups is 1. The molecule has 0 spiro atoms. The van der Waals surface area contributed by atoms with E-state index in [1.165, 1.54) is 6.33 Å². The number of pyridine rings is 1. The first-order chi connectivity index (χ1) is 9.84. The maximum absolute atomic E-state index is 9.76. The molecule has 0 aliphatic rings. The number of rotatable bonds is 4. The molecule has 2 N–H and O–H groups in total. The Labute approximate surface area is 115 Å². The second-order valence-electron chi connectivity index (χ2n) is 4.20. The predicted molar refractivity (Wildman–Crippen MR) is 74.6 cm³/mol. The van der Waals surface area contributed by atoms with Crippen LogP contribution < -0.4 is 5.32 Å². The van der Waals surface area contributed by atoms with Crippen molar-refractivity contribution in [1.29, 1.82) is 0 Å².